The molecule has 3 rings (SSSR count). The van der Waals surface area contributed by atoms with Crippen LogP contribution in [0.1, 0.15) is 35.4 Å². The van der Waals surface area contributed by atoms with E-state index in [-0.39, 0.29) is 12.3 Å². The molecule has 0 bridgehead atoms. The number of thiophene rings is 1. The molecular formula is C14H14N4O3S. The second-order valence-electron chi connectivity index (χ2n) is 4.60. The fourth-order valence-electron chi connectivity index (χ4n) is 1.88. The van der Waals surface area contributed by atoms with Gasteiger partial charge in [-0.25, -0.2) is 4.79 Å². The highest BCUT2D eigenvalue weighted by Gasteiger charge is 2.15. The molecule has 0 aliphatic rings. The van der Waals surface area contributed by atoms with Crippen molar-refractivity contribution in [3.8, 4) is 10.8 Å². The molecule has 0 atom stereocenters. The molecule has 0 unspecified atom stereocenters. The molecule has 114 valence electrons. The molecule has 1 N–H and O–H groups in total. The van der Waals surface area contributed by atoms with Crippen LogP contribution in [0.15, 0.2) is 28.1 Å². The van der Waals surface area contributed by atoms with Crippen LogP contribution < -0.4 is 0 Å². The third kappa shape index (κ3) is 3.22. The molecule has 0 radical (unpaired) electrons. The number of aromatic amines is 1. The van der Waals surface area contributed by atoms with E-state index in [4.69, 9.17) is 9.26 Å². The number of rotatable bonds is 6. The Balaban J connectivity index is 1.58. The summed E-state index contributed by atoms with van der Waals surface area (Å²) >= 11 is 1.50. The predicted molar refractivity (Wildman–Crippen MR) is 79.3 cm³/mol. The minimum absolute atomic E-state index is 0.0519. The molecule has 0 spiro atoms. The number of nitrogens with one attached hydrogen (secondary N) is 1. The molecule has 3 aromatic rings. The monoisotopic (exact) mass is 318 g/mol. The van der Waals surface area contributed by atoms with Gasteiger partial charge in [0, 0.05) is 5.69 Å². The standard InChI is InChI=1S/C14H14N4O3S/c1-2-4-9-7-10(17-16-9)14(19)20-8-12-15-13(21-18-12)11-5-3-6-22-11/h3,5-7H,2,4,8H2,1H3,(H,16,17). The van der Waals surface area contributed by atoms with E-state index in [9.17, 15) is 4.79 Å². The number of aromatic nitrogens is 4. The molecule has 0 saturated carbocycles. The Hall–Kier alpha value is -2.48. The summed E-state index contributed by atoms with van der Waals surface area (Å²) < 4.78 is 10.3. The van der Waals surface area contributed by atoms with Crippen LogP contribution in [0.5, 0.6) is 0 Å². The number of H-pyrrole nitrogens is 1. The summed E-state index contributed by atoms with van der Waals surface area (Å²) in [6.07, 6.45) is 1.82. The molecule has 0 fully saturated rings. The maximum atomic E-state index is 11.9. The molecule has 0 aliphatic heterocycles. The number of hydrogen-bond donors (Lipinski definition) is 1. The molecule has 7 nitrogen and oxygen atoms in total. The average molecular weight is 318 g/mol. The number of carbonyl (C=O) groups excluding carboxylic acids is 1. The Morgan fingerprint density at radius 1 is 1.50 bits per heavy atom. The van der Waals surface area contributed by atoms with Gasteiger partial charge in [0.15, 0.2) is 12.3 Å². The van der Waals surface area contributed by atoms with Crippen LogP contribution in [-0.4, -0.2) is 26.3 Å². The summed E-state index contributed by atoms with van der Waals surface area (Å²) in [5.41, 5.74) is 1.17. The van der Waals surface area contributed by atoms with Gasteiger partial charge in [0.2, 0.25) is 5.82 Å². The number of hydrogen-bond acceptors (Lipinski definition) is 7. The van der Waals surface area contributed by atoms with Crippen molar-refractivity contribution >= 4 is 17.3 Å². The highest BCUT2D eigenvalue weighted by atomic mass is 32.1. The van der Waals surface area contributed by atoms with Crippen molar-refractivity contribution < 1.29 is 14.1 Å². The zero-order valence-corrected chi connectivity index (χ0v) is 12.7. The Bertz CT molecular complexity index is 748. The van der Waals surface area contributed by atoms with Crippen molar-refractivity contribution in [1.29, 1.82) is 0 Å². The quantitative estimate of drug-likeness (QED) is 0.702. The van der Waals surface area contributed by atoms with Gasteiger partial charge in [-0.2, -0.15) is 10.1 Å². The van der Waals surface area contributed by atoms with E-state index < -0.39 is 5.97 Å². The van der Waals surface area contributed by atoms with E-state index in [0.29, 0.717) is 11.7 Å². The van der Waals surface area contributed by atoms with E-state index in [1.807, 2.05) is 17.5 Å². The van der Waals surface area contributed by atoms with E-state index in [1.54, 1.807) is 6.07 Å². The first-order chi connectivity index (χ1) is 10.8. The van der Waals surface area contributed by atoms with Crippen molar-refractivity contribution in [3.63, 3.8) is 0 Å². The van der Waals surface area contributed by atoms with E-state index in [2.05, 4.69) is 27.3 Å². The molecule has 22 heavy (non-hydrogen) atoms. The Labute approximate surface area is 130 Å². The lowest BCUT2D eigenvalue weighted by atomic mass is 10.2. The number of aryl methyl sites for hydroxylation is 1. The minimum atomic E-state index is -0.513. The Morgan fingerprint density at radius 3 is 3.18 bits per heavy atom. The maximum Gasteiger partial charge on any atom is 0.359 e. The van der Waals surface area contributed by atoms with Crippen molar-refractivity contribution in [2.45, 2.75) is 26.4 Å². The summed E-state index contributed by atoms with van der Waals surface area (Å²) in [6.45, 7) is 2.00. The van der Waals surface area contributed by atoms with Gasteiger partial charge in [-0.1, -0.05) is 24.6 Å². The van der Waals surface area contributed by atoms with Crippen molar-refractivity contribution in [1.82, 2.24) is 20.3 Å². The molecule has 0 amide bonds. The first-order valence-electron chi connectivity index (χ1n) is 6.84. The van der Waals surface area contributed by atoms with Crippen LogP contribution in [-0.2, 0) is 17.8 Å². The van der Waals surface area contributed by atoms with Crippen LogP contribution in [0.4, 0.5) is 0 Å². The van der Waals surface area contributed by atoms with Gasteiger partial charge < -0.3 is 9.26 Å². The van der Waals surface area contributed by atoms with E-state index >= 15 is 0 Å². The Morgan fingerprint density at radius 2 is 2.41 bits per heavy atom. The number of carbonyl (C=O) groups is 1. The molecule has 0 aliphatic carbocycles. The van der Waals surface area contributed by atoms with Gasteiger partial charge >= 0.3 is 5.97 Å². The summed E-state index contributed by atoms with van der Waals surface area (Å²) in [6, 6.07) is 5.47. The summed E-state index contributed by atoms with van der Waals surface area (Å²) in [5, 5.41) is 12.4. The van der Waals surface area contributed by atoms with Crippen molar-refractivity contribution in [3.05, 3.63) is 40.8 Å². The molecule has 3 heterocycles. The first-order valence-corrected chi connectivity index (χ1v) is 7.72. The zero-order valence-electron chi connectivity index (χ0n) is 11.9. The molecular weight excluding hydrogens is 304 g/mol. The lowest BCUT2D eigenvalue weighted by molar-refractivity contribution is 0.0452. The van der Waals surface area contributed by atoms with Crippen LogP contribution in [0, 0.1) is 0 Å². The normalized spacial score (nSPS) is 10.8. The largest absolute Gasteiger partial charge is 0.453 e. The van der Waals surface area contributed by atoms with Crippen molar-refractivity contribution in [2.75, 3.05) is 0 Å². The third-order valence-electron chi connectivity index (χ3n) is 2.89. The van der Waals surface area contributed by atoms with Crippen LogP contribution in [0.2, 0.25) is 0 Å². The lowest BCUT2D eigenvalue weighted by Gasteiger charge is -1.97. The molecule has 3 aromatic heterocycles. The first kappa shape index (κ1) is 14.5. The van der Waals surface area contributed by atoms with Gasteiger partial charge in [-0.15, -0.1) is 11.3 Å². The van der Waals surface area contributed by atoms with Gasteiger partial charge in [0.1, 0.15) is 0 Å². The topological polar surface area (TPSA) is 93.9 Å². The van der Waals surface area contributed by atoms with Crippen LogP contribution in [0.25, 0.3) is 10.8 Å². The van der Waals surface area contributed by atoms with Gasteiger partial charge in [-0.3, -0.25) is 5.10 Å². The smallest absolute Gasteiger partial charge is 0.359 e. The fourth-order valence-corrected chi connectivity index (χ4v) is 2.53. The summed E-state index contributed by atoms with van der Waals surface area (Å²) in [5.74, 6) is 0.230. The maximum absolute atomic E-state index is 11.9. The second kappa shape index (κ2) is 6.52. The SMILES string of the molecule is CCCc1cc(C(=O)OCc2noc(-c3cccs3)n2)n[nH]1. The molecule has 0 saturated heterocycles. The van der Waals surface area contributed by atoms with Crippen LogP contribution >= 0.6 is 11.3 Å². The van der Waals surface area contributed by atoms with E-state index in [1.165, 1.54) is 11.3 Å². The molecule has 0 aromatic carbocycles. The number of esters is 1. The number of nitrogens with zero attached hydrogens (tertiary/aromatic N) is 3. The van der Waals surface area contributed by atoms with Gasteiger partial charge in [-0.05, 0) is 23.9 Å². The Kier molecular flexibility index (Phi) is 4.29. The van der Waals surface area contributed by atoms with Crippen molar-refractivity contribution in [2.24, 2.45) is 0 Å². The number of ether oxygens (including phenoxy) is 1. The zero-order chi connectivity index (χ0) is 15.4. The lowest BCUT2D eigenvalue weighted by Crippen LogP contribution is -2.06. The predicted octanol–water partition coefficient (Wildman–Crippen LogP) is 2.83. The highest BCUT2D eigenvalue weighted by Crippen LogP contribution is 2.22. The van der Waals surface area contributed by atoms with Gasteiger partial charge in [0.25, 0.3) is 5.89 Å². The second-order valence-corrected chi connectivity index (χ2v) is 5.55. The summed E-state index contributed by atoms with van der Waals surface area (Å²) in [7, 11) is 0. The highest BCUT2D eigenvalue weighted by molar-refractivity contribution is 7.13. The fraction of sp³-hybridized carbons (Fsp3) is 0.286. The minimum Gasteiger partial charge on any atom is -0.453 e. The van der Waals surface area contributed by atoms with Crippen LogP contribution in [0.3, 0.4) is 0 Å². The summed E-state index contributed by atoms with van der Waals surface area (Å²) in [4.78, 5) is 16.9. The third-order valence-corrected chi connectivity index (χ3v) is 3.75. The van der Waals surface area contributed by atoms with Gasteiger partial charge in [0.05, 0.1) is 4.88 Å². The average Bonchev–Trinajstić information content (AvgIpc) is 3.25. The molecule has 8 heteroatoms. The van der Waals surface area contributed by atoms with E-state index in [0.717, 1.165) is 23.4 Å².